The Hall–Kier alpha value is -2.11. The molecule has 0 radical (unpaired) electrons. The third-order valence-corrected chi connectivity index (χ3v) is 1.87. The Kier molecular flexibility index (Phi) is 2.66. The van der Waals surface area contributed by atoms with Crippen LogP contribution in [0.15, 0.2) is 12.1 Å². The van der Waals surface area contributed by atoms with Crippen molar-refractivity contribution in [2.45, 2.75) is 0 Å². The molecule has 0 aliphatic rings. The van der Waals surface area contributed by atoms with E-state index in [0.29, 0.717) is 0 Å². The van der Waals surface area contributed by atoms with Crippen LogP contribution in [0.2, 0.25) is 5.02 Å². The molecule has 0 aromatic heterocycles. The van der Waals surface area contributed by atoms with Gasteiger partial charge >= 0.3 is 0 Å². The third-order valence-electron chi connectivity index (χ3n) is 1.55. The van der Waals surface area contributed by atoms with E-state index in [2.05, 4.69) is 0 Å². The first-order valence-electron chi connectivity index (χ1n) is 3.39. The van der Waals surface area contributed by atoms with E-state index in [1.165, 1.54) is 6.07 Å². The minimum absolute atomic E-state index is 0.0367. The normalized spacial score (nSPS) is 8.79. The van der Waals surface area contributed by atoms with Crippen molar-refractivity contribution in [2.75, 3.05) is 0 Å². The van der Waals surface area contributed by atoms with Crippen LogP contribution in [-0.2, 0) is 0 Å². The highest BCUT2D eigenvalue weighted by atomic mass is 35.5. The van der Waals surface area contributed by atoms with Crippen molar-refractivity contribution < 1.29 is 4.92 Å². The maximum atomic E-state index is 10.5. The lowest BCUT2D eigenvalue weighted by atomic mass is 10.1. The highest BCUT2D eigenvalue weighted by Gasteiger charge is 2.19. The van der Waals surface area contributed by atoms with E-state index in [4.69, 9.17) is 22.1 Å². The first-order valence-corrected chi connectivity index (χ1v) is 3.76. The molecule has 0 amide bonds. The molecule has 0 spiro atoms. The molecule has 0 N–H and O–H groups in total. The SMILES string of the molecule is N#Cc1c(Cl)ccc([N+](=O)[O-])c1C#N. The van der Waals surface area contributed by atoms with E-state index in [0.717, 1.165) is 6.07 Å². The molecule has 14 heavy (non-hydrogen) atoms. The van der Waals surface area contributed by atoms with Crippen molar-refractivity contribution in [1.82, 2.24) is 0 Å². The lowest BCUT2D eigenvalue weighted by Gasteiger charge is -1.98. The molecular formula is C8H2ClN3O2. The van der Waals surface area contributed by atoms with Crippen molar-refractivity contribution in [3.63, 3.8) is 0 Å². The van der Waals surface area contributed by atoms with Crippen LogP contribution in [0.4, 0.5) is 5.69 Å². The van der Waals surface area contributed by atoms with Gasteiger partial charge in [-0.25, -0.2) is 0 Å². The summed E-state index contributed by atoms with van der Waals surface area (Å²) in [7, 11) is 0. The Bertz CT molecular complexity index is 485. The second-order valence-corrected chi connectivity index (χ2v) is 2.70. The van der Waals surface area contributed by atoms with Crippen molar-refractivity contribution >= 4 is 17.3 Å². The van der Waals surface area contributed by atoms with Gasteiger partial charge in [0.2, 0.25) is 0 Å². The number of hydrogen-bond acceptors (Lipinski definition) is 4. The number of rotatable bonds is 1. The Morgan fingerprint density at radius 1 is 1.29 bits per heavy atom. The van der Waals surface area contributed by atoms with E-state index in [-0.39, 0.29) is 16.1 Å². The molecule has 5 nitrogen and oxygen atoms in total. The summed E-state index contributed by atoms with van der Waals surface area (Å²) in [6.07, 6.45) is 0. The minimum atomic E-state index is -0.726. The molecule has 0 atom stereocenters. The van der Waals surface area contributed by atoms with Gasteiger partial charge < -0.3 is 0 Å². The van der Waals surface area contributed by atoms with Gasteiger partial charge in [-0.2, -0.15) is 10.5 Å². The fourth-order valence-corrected chi connectivity index (χ4v) is 1.14. The highest BCUT2D eigenvalue weighted by molar-refractivity contribution is 6.32. The molecule has 0 saturated carbocycles. The summed E-state index contributed by atoms with van der Waals surface area (Å²) < 4.78 is 0. The monoisotopic (exact) mass is 207 g/mol. The summed E-state index contributed by atoms with van der Waals surface area (Å²) in [4.78, 5) is 9.74. The topological polar surface area (TPSA) is 90.7 Å². The number of nitro benzene ring substituents is 1. The fourth-order valence-electron chi connectivity index (χ4n) is 0.941. The molecule has 0 saturated heterocycles. The summed E-state index contributed by atoms with van der Waals surface area (Å²) in [5.41, 5.74) is -0.873. The van der Waals surface area contributed by atoms with Crippen molar-refractivity contribution in [3.05, 3.63) is 38.4 Å². The molecule has 1 aromatic rings. The zero-order valence-corrected chi connectivity index (χ0v) is 7.45. The van der Waals surface area contributed by atoms with Crippen molar-refractivity contribution in [1.29, 1.82) is 10.5 Å². The number of halogens is 1. The first kappa shape index (κ1) is 9.97. The molecule has 0 aliphatic heterocycles. The van der Waals surface area contributed by atoms with Crippen molar-refractivity contribution in [2.24, 2.45) is 0 Å². The number of hydrogen-bond donors (Lipinski definition) is 0. The van der Waals surface area contributed by atoms with Gasteiger partial charge in [0.25, 0.3) is 5.69 Å². The molecule has 1 rings (SSSR count). The van der Waals surface area contributed by atoms with Crippen LogP contribution in [0.1, 0.15) is 11.1 Å². The number of nitrogens with zero attached hydrogens (tertiary/aromatic N) is 3. The van der Waals surface area contributed by atoms with Crippen LogP contribution >= 0.6 is 11.6 Å². The van der Waals surface area contributed by atoms with Crippen LogP contribution in [-0.4, -0.2) is 4.92 Å². The predicted octanol–water partition coefficient (Wildman–Crippen LogP) is 1.99. The Morgan fingerprint density at radius 3 is 2.29 bits per heavy atom. The van der Waals surface area contributed by atoms with E-state index in [9.17, 15) is 10.1 Å². The van der Waals surface area contributed by atoms with Crippen LogP contribution in [0.25, 0.3) is 0 Å². The van der Waals surface area contributed by atoms with Gasteiger partial charge in [0.1, 0.15) is 17.7 Å². The zero-order valence-electron chi connectivity index (χ0n) is 6.69. The third kappa shape index (κ3) is 1.49. The number of nitro groups is 1. The Morgan fingerprint density at radius 2 is 1.86 bits per heavy atom. The molecule has 1 aromatic carbocycles. The Labute approximate surface area is 83.9 Å². The van der Waals surface area contributed by atoms with Gasteiger partial charge in [-0.3, -0.25) is 10.1 Å². The molecule has 0 heterocycles. The minimum Gasteiger partial charge on any atom is -0.258 e. The largest absolute Gasteiger partial charge is 0.288 e. The van der Waals surface area contributed by atoms with Crippen LogP contribution in [0.5, 0.6) is 0 Å². The smallest absolute Gasteiger partial charge is 0.258 e. The van der Waals surface area contributed by atoms with Gasteiger partial charge in [0, 0.05) is 6.07 Å². The summed E-state index contributed by atoms with van der Waals surface area (Å²) in [6.45, 7) is 0. The van der Waals surface area contributed by atoms with E-state index in [1.54, 1.807) is 12.1 Å². The van der Waals surface area contributed by atoms with Gasteiger partial charge in [-0.1, -0.05) is 11.6 Å². The van der Waals surface area contributed by atoms with E-state index in [1.807, 2.05) is 0 Å². The van der Waals surface area contributed by atoms with Gasteiger partial charge in [0.15, 0.2) is 0 Å². The first-order chi connectivity index (χ1) is 6.61. The fraction of sp³-hybridized carbons (Fsp3) is 0. The molecule has 0 bridgehead atoms. The summed E-state index contributed by atoms with van der Waals surface area (Å²) >= 11 is 5.59. The summed E-state index contributed by atoms with van der Waals surface area (Å²) in [5.74, 6) is 0. The van der Waals surface area contributed by atoms with Crippen molar-refractivity contribution in [3.8, 4) is 12.1 Å². The second-order valence-electron chi connectivity index (χ2n) is 2.30. The van der Waals surface area contributed by atoms with Crippen LogP contribution in [0.3, 0.4) is 0 Å². The van der Waals surface area contributed by atoms with E-state index < -0.39 is 10.6 Å². The highest BCUT2D eigenvalue weighted by Crippen LogP contribution is 2.26. The maximum absolute atomic E-state index is 10.5. The molecule has 0 aliphatic carbocycles. The molecule has 0 unspecified atom stereocenters. The molecule has 6 heteroatoms. The standard InChI is InChI=1S/C8H2ClN3O2/c9-7-1-2-8(12(13)14)6(4-11)5(7)3-10/h1-2H. The maximum Gasteiger partial charge on any atom is 0.288 e. The van der Waals surface area contributed by atoms with Gasteiger partial charge in [0.05, 0.1) is 15.5 Å². The molecular weight excluding hydrogens is 206 g/mol. The van der Waals surface area contributed by atoms with Gasteiger partial charge in [-0.15, -0.1) is 0 Å². The predicted molar refractivity (Wildman–Crippen MR) is 47.5 cm³/mol. The summed E-state index contributed by atoms with van der Waals surface area (Å²) in [6, 6.07) is 5.56. The quantitative estimate of drug-likeness (QED) is 0.520. The van der Waals surface area contributed by atoms with Gasteiger partial charge in [-0.05, 0) is 6.07 Å². The number of nitriles is 2. The summed E-state index contributed by atoms with van der Waals surface area (Å²) in [5, 5.41) is 27.8. The Balaban J connectivity index is 3.61. The van der Waals surface area contributed by atoms with Crippen LogP contribution in [0, 0.1) is 32.8 Å². The van der Waals surface area contributed by atoms with E-state index >= 15 is 0 Å². The lowest BCUT2D eigenvalue weighted by Crippen LogP contribution is -1.95. The molecule has 68 valence electrons. The van der Waals surface area contributed by atoms with Crippen LogP contribution < -0.4 is 0 Å². The molecule has 0 fully saturated rings. The lowest BCUT2D eigenvalue weighted by molar-refractivity contribution is -0.385. The number of benzene rings is 1. The zero-order chi connectivity index (χ0) is 10.7. The average molecular weight is 208 g/mol. The second kappa shape index (κ2) is 3.73. The average Bonchev–Trinajstić information content (AvgIpc) is 2.16.